The Labute approximate surface area is 64.3 Å². The van der Waals surface area contributed by atoms with Crippen molar-refractivity contribution < 1.29 is 0 Å². The Hall–Kier alpha value is -1.04. The molecule has 0 atom stereocenters. The van der Waals surface area contributed by atoms with Crippen molar-refractivity contribution in [3.8, 4) is 0 Å². The molecular weight excluding hydrogens is 120 g/mol. The molecule has 0 fully saturated rings. The summed E-state index contributed by atoms with van der Waals surface area (Å²) in [6, 6.07) is 0. The number of allylic oxidation sites excluding steroid dienone is 5. The van der Waals surface area contributed by atoms with Crippen LogP contribution in [0.25, 0.3) is 0 Å². The minimum absolute atomic E-state index is 1.17. The summed E-state index contributed by atoms with van der Waals surface area (Å²) in [6.07, 6.45) is 7.87. The van der Waals surface area contributed by atoms with E-state index in [0.717, 1.165) is 0 Å². The highest BCUT2D eigenvalue weighted by atomic mass is 13.8. The maximum absolute atomic E-state index is 3.63. The monoisotopic (exact) mass is 136 g/mol. The van der Waals surface area contributed by atoms with E-state index in [1.165, 1.54) is 5.57 Å². The third kappa shape index (κ3) is 6.96. The largest absolute Gasteiger partial charge is 0.106 e. The van der Waals surface area contributed by atoms with E-state index in [-0.39, 0.29) is 0 Å². The van der Waals surface area contributed by atoms with Gasteiger partial charge in [-0.05, 0) is 19.4 Å². The van der Waals surface area contributed by atoms with Crippen molar-refractivity contribution in [2.24, 2.45) is 0 Å². The maximum atomic E-state index is 3.63. The Bertz CT molecular complexity index is 127. The molecule has 0 saturated heterocycles. The Balaban J connectivity index is 0. The van der Waals surface area contributed by atoms with Gasteiger partial charge in [-0.3, -0.25) is 0 Å². The van der Waals surface area contributed by atoms with Gasteiger partial charge in [-0.2, -0.15) is 0 Å². The van der Waals surface area contributed by atoms with Crippen molar-refractivity contribution in [2.45, 2.75) is 13.8 Å². The molecule has 0 aromatic carbocycles. The number of hydrogen-bond acceptors (Lipinski definition) is 0. The average molecular weight is 136 g/mol. The summed E-state index contributed by atoms with van der Waals surface area (Å²) in [6.45, 7) is 13.6. The summed E-state index contributed by atoms with van der Waals surface area (Å²) in [7, 11) is 0. The highest BCUT2D eigenvalue weighted by molar-refractivity contribution is 5.27. The molecule has 56 valence electrons. The lowest BCUT2D eigenvalue weighted by Crippen LogP contribution is -1.63. The highest BCUT2D eigenvalue weighted by Crippen LogP contribution is 1.95. The van der Waals surface area contributed by atoms with Crippen LogP contribution in [0.5, 0.6) is 0 Å². The molecule has 0 aromatic heterocycles. The molecule has 0 unspecified atom stereocenters. The third-order valence-electron chi connectivity index (χ3n) is 0.928. The molecule has 0 nitrogen and oxygen atoms in total. The minimum atomic E-state index is 1.17. The van der Waals surface area contributed by atoms with Crippen molar-refractivity contribution in [1.82, 2.24) is 0 Å². The molecule has 0 aliphatic rings. The predicted molar refractivity (Wildman–Crippen MR) is 50.0 cm³/mol. The first kappa shape index (κ1) is 11.7. The molecule has 0 heteroatoms. The van der Waals surface area contributed by atoms with Crippen LogP contribution < -0.4 is 0 Å². The van der Waals surface area contributed by atoms with Crippen molar-refractivity contribution in [3.63, 3.8) is 0 Å². The second-order valence-electron chi connectivity index (χ2n) is 1.49. The molecule has 0 aliphatic heterocycles. The van der Waals surface area contributed by atoms with E-state index < -0.39 is 0 Å². The lowest BCUT2D eigenvalue weighted by molar-refractivity contribution is 1.58. The van der Waals surface area contributed by atoms with Crippen LogP contribution >= 0.6 is 0 Å². The summed E-state index contributed by atoms with van der Waals surface area (Å²) < 4.78 is 0. The Morgan fingerprint density at radius 3 is 1.80 bits per heavy atom. The molecule has 10 heavy (non-hydrogen) atoms. The summed E-state index contributed by atoms with van der Waals surface area (Å²) >= 11 is 0. The lowest BCUT2D eigenvalue weighted by atomic mass is 10.2. The second kappa shape index (κ2) is 10.9. The van der Waals surface area contributed by atoms with Crippen LogP contribution in [0.1, 0.15) is 13.8 Å². The molecule has 0 spiro atoms. The Morgan fingerprint density at radius 2 is 1.70 bits per heavy atom. The minimum Gasteiger partial charge on any atom is -0.106 e. The van der Waals surface area contributed by atoms with E-state index in [1.54, 1.807) is 0 Å². The van der Waals surface area contributed by atoms with Crippen LogP contribution in [0.15, 0.2) is 49.6 Å². The van der Waals surface area contributed by atoms with Gasteiger partial charge in [-0.15, -0.1) is 13.2 Å². The van der Waals surface area contributed by atoms with Crippen LogP contribution in [0.4, 0.5) is 0 Å². The van der Waals surface area contributed by atoms with Crippen LogP contribution in [0.2, 0.25) is 0 Å². The fourth-order valence-electron chi connectivity index (χ4n) is 0.475. The first-order chi connectivity index (χ1) is 4.85. The maximum Gasteiger partial charge on any atom is -0.0309 e. The number of rotatable bonds is 2. The van der Waals surface area contributed by atoms with Gasteiger partial charge in [0.1, 0.15) is 0 Å². The van der Waals surface area contributed by atoms with Gasteiger partial charge in [0.2, 0.25) is 0 Å². The van der Waals surface area contributed by atoms with Gasteiger partial charge in [0.25, 0.3) is 0 Å². The fourth-order valence-corrected chi connectivity index (χ4v) is 0.475. The smallest absolute Gasteiger partial charge is 0.0309 e. The molecule has 0 amide bonds. The normalized spacial score (nSPS) is 10.4. The standard InChI is InChI=1S/C8H12.C2H4/c1-4-7-8(5-2)6-3;1-2/h4-7H,2H2,1,3H3;1-2H2/b7-4+,8-6+;. The molecule has 0 aliphatic carbocycles. The first-order valence-corrected chi connectivity index (χ1v) is 3.26. The summed E-state index contributed by atoms with van der Waals surface area (Å²) in [4.78, 5) is 0. The van der Waals surface area contributed by atoms with Crippen LogP contribution in [0, 0.1) is 0 Å². The Kier molecular flexibility index (Phi) is 12.7. The lowest BCUT2D eigenvalue weighted by Gasteiger charge is -1.84. The van der Waals surface area contributed by atoms with Crippen molar-refractivity contribution >= 4 is 0 Å². The third-order valence-corrected chi connectivity index (χ3v) is 0.928. The Morgan fingerprint density at radius 1 is 1.20 bits per heavy atom. The topological polar surface area (TPSA) is 0 Å². The van der Waals surface area contributed by atoms with E-state index in [4.69, 9.17) is 0 Å². The van der Waals surface area contributed by atoms with E-state index in [0.29, 0.717) is 0 Å². The first-order valence-electron chi connectivity index (χ1n) is 3.26. The van der Waals surface area contributed by atoms with E-state index in [2.05, 4.69) is 19.7 Å². The number of hydrogen-bond donors (Lipinski definition) is 0. The molecule has 0 saturated carbocycles. The molecule has 0 bridgehead atoms. The van der Waals surface area contributed by atoms with Gasteiger partial charge < -0.3 is 0 Å². The van der Waals surface area contributed by atoms with Crippen LogP contribution in [-0.2, 0) is 0 Å². The van der Waals surface area contributed by atoms with Gasteiger partial charge in [0.15, 0.2) is 0 Å². The second-order valence-corrected chi connectivity index (χ2v) is 1.49. The van der Waals surface area contributed by atoms with Gasteiger partial charge in [-0.1, -0.05) is 30.9 Å². The predicted octanol–water partition coefficient (Wildman–Crippen LogP) is 3.50. The zero-order valence-corrected chi connectivity index (χ0v) is 6.93. The average Bonchev–Trinajstić information content (AvgIpc) is 2.04. The fraction of sp³-hybridized carbons (Fsp3) is 0.200. The van der Waals surface area contributed by atoms with Crippen LogP contribution in [0.3, 0.4) is 0 Å². The summed E-state index contributed by atoms with van der Waals surface area (Å²) in [5, 5.41) is 0. The van der Waals surface area contributed by atoms with Crippen molar-refractivity contribution in [3.05, 3.63) is 49.6 Å². The summed E-state index contributed by atoms with van der Waals surface area (Å²) in [5.41, 5.74) is 1.17. The van der Waals surface area contributed by atoms with Crippen molar-refractivity contribution in [2.75, 3.05) is 0 Å². The van der Waals surface area contributed by atoms with Gasteiger partial charge >= 0.3 is 0 Å². The highest BCUT2D eigenvalue weighted by Gasteiger charge is 1.74. The van der Waals surface area contributed by atoms with Gasteiger partial charge in [-0.25, -0.2) is 0 Å². The van der Waals surface area contributed by atoms with E-state index in [9.17, 15) is 0 Å². The van der Waals surface area contributed by atoms with E-state index in [1.807, 2.05) is 38.2 Å². The molecular formula is C10H16. The van der Waals surface area contributed by atoms with E-state index >= 15 is 0 Å². The zero-order valence-electron chi connectivity index (χ0n) is 6.93. The molecule has 0 rings (SSSR count). The zero-order chi connectivity index (χ0) is 8.41. The van der Waals surface area contributed by atoms with Gasteiger partial charge in [0.05, 0.1) is 0 Å². The van der Waals surface area contributed by atoms with Crippen LogP contribution in [-0.4, -0.2) is 0 Å². The molecule has 0 aromatic rings. The molecule has 0 heterocycles. The quantitative estimate of drug-likeness (QED) is 0.402. The molecule has 0 radical (unpaired) electrons. The summed E-state index contributed by atoms with van der Waals surface area (Å²) in [5.74, 6) is 0. The van der Waals surface area contributed by atoms with Crippen molar-refractivity contribution in [1.29, 1.82) is 0 Å². The molecule has 0 N–H and O–H groups in total. The van der Waals surface area contributed by atoms with Gasteiger partial charge in [0, 0.05) is 0 Å². The SMILES string of the molecule is C=C.C=CC(/C=C/C)=C\C.